The quantitative estimate of drug-likeness (QED) is 0.739. The summed E-state index contributed by atoms with van der Waals surface area (Å²) in [5, 5.41) is 0. The van der Waals surface area contributed by atoms with Gasteiger partial charge in [-0.25, -0.2) is 9.37 Å². The predicted molar refractivity (Wildman–Crippen MR) is 77.0 cm³/mol. The second-order valence-electron chi connectivity index (χ2n) is 4.94. The predicted octanol–water partition coefficient (Wildman–Crippen LogP) is 3.64. The highest BCUT2D eigenvalue weighted by Crippen LogP contribution is 2.24. The Balaban J connectivity index is 1.81. The molecular weight excluding hydrogens is 255 g/mol. The summed E-state index contributed by atoms with van der Waals surface area (Å²) in [7, 11) is 0. The molecule has 1 heterocycles. The van der Waals surface area contributed by atoms with E-state index in [1.54, 1.807) is 12.1 Å². The molecule has 1 aromatic heterocycles. The van der Waals surface area contributed by atoms with E-state index in [9.17, 15) is 4.39 Å². The Kier molecular flexibility index (Phi) is 3.14. The molecule has 0 aliphatic carbocycles. The average molecular weight is 270 g/mol. The number of benzene rings is 2. The maximum absolute atomic E-state index is 12.8. The van der Waals surface area contributed by atoms with Crippen LogP contribution in [0.3, 0.4) is 0 Å². The first-order chi connectivity index (χ1) is 9.61. The normalized spacial score (nSPS) is 11.1. The van der Waals surface area contributed by atoms with Gasteiger partial charge in [-0.1, -0.05) is 12.1 Å². The summed E-state index contributed by atoms with van der Waals surface area (Å²) in [5.41, 5.74) is 10.1. The van der Waals surface area contributed by atoms with Crippen LogP contribution in [0.25, 0.3) is 11.1 Å². The van der Waals surface area contributed by atoms with Crippen LogP contribution < -0.4 is 5.73 Å². The second kappa shape index (κ2) is 4.96. The van der Waals surface area contributed by atoms with Crippen LogP contribution in [0, 0.1) is 12.7 Å². The van der Waals surface area contributed by atoms with Crippen molar-refractivity contribution in [1.82, 2.24) is 4.98 Å². The van der Waals surface area contributed by atoms with E-state index in [1.165, 1.54) is 12.1 Å². The third-order valence-corrected chi connectivity index (χ3v) is 3.25. The first-order valence-corrected chi connectivity index (χ1v) is 6.52. The highest BCUT2D eigenvalue weighted by atomic mass is 19.1. The van der Waals surface area contributed by atoms with Crippen LogP contribution >= 0.6 is 0 Å². The van der Waals surface area contributed by atoms with Crippen molar-refractivity contribution in [3.05, 3.63) is 59.2 Å². The zero-order valence-electron chi connectivity index (χ0n) is 11.2. The molecule has 0 saturated heterocycles. The number of anilines is 1. The molecule has 20 heavy (non-hydrogen) atoms. The zero-order valence-corrected chi connectivity index (χ0v) is 11.2. The van der Waals surface area contributed by atoms with E-state index in [2.05, 4.69) is 4.98 Å². The molecule has 2 aromatic carbocycles. The lowest BCUT2D eigenvalue weighted by Crippen LogP contribution is -1.91. The Labute approximate surface area is 116 Å². The first kappa shape index (κ1) is 12.7. The maximum Gasteiger partial charge on any atom is 0.195 e. The Morgan fingerprint density at radius 3 is 2.65 bits per heavy atom. The smallest absolute Gasteiger partial charge is 0.195 e. The Hall–Kier alpha value is -2.36. The molecule has 3 aromatic rings. The minimum absolute atomic E-state index is 0.223. The molecule has 0 radical (unpaired) electrons. The number of nitrogens with zero attached hydrogens (tertiary/aromatic N) is 1. The van der Waals surface area contributed by atoms with Gasteiger partial charge in [0, 0.05) is 6.42 Å². The van der Waals surface area contributed by atoms with E-state index in [4.69, 9.17) is 10.2 Å². The number of nitrogens with two attached hydrogens (primary N) is 1. The van der Waals surface area contributed by atoms with Gasteiger partial charge < -0.3 is 10.2 Å². The van der Waals surface area contributed by atoms with Crippen molar-refractivity contribution in [3.63, 3.8) is 0 Å². The molecule has 2 N–H and O–H groups in total. The molecular formula is C16H15FN2O. The number of aromatic nitrogens is 1. The number of hydrogen-bond donors (Lipinski definition) is 1. The molecule has 0 atom stereocenters. The van der Waals surface area contributed by atoms with Crippen molar-refractivity contribution >= 4 is 16.8 Å². The van der Waals surface area contributed by atoms with Crippen LogP contribution in [0.15, 0.2) is 40.8 Å². The van der Waals surface area contributed by atoms with Gasteiger partial charge in [0.1, 0.15) is 11.3 Å². The highest BCUT2D eigenvalue weighted by Gasteiger charge is 2.09. The molecule has 0 aliphatic heterocycles. The van der Waals surface area contributed by atoms with Gasteiger partial charge in [0.25, 0.3) is 0 Å². The molecule has 0 fully saturated rings. The number of halogens is 1. The van der Waals surface area contributed by atoms with Gasteiger partial charge >= 0.3 is 0 Å². The van der Waals surface area contributed by atoms with Crippen LogP contribution in [-0.2, 0) is 12.8 Å². The lowest BCUT2D eigenvalue weighted by atomic mass is 10.1. The molecule has 0 spiro atoms. The molecule has 0 aliphatic rings. The number of rotatable bonds is 3. The fourth-order valence-corrected chi connectivity index (χ4v) is 2.26. The van der Waals surface area contributed by atoms with E-state index < -0.39 is 0 Å². The number of hydrogen-bond acceptors (Lipinski definition) is 3. The number of oxazole rings is 1. The van der Waals surface area contributed by atoms with Gasteiger partial charge in [-0.2, -0.15) is 0 Å². The van der Waals surface area contributed by atoms with Gasteiger partial charge in [-0.3, -0.25) is 0 Å². The van der Waals surface area contributed by atoms with Crippen molar-refractivity contribution in [3.8, 4) is 0 Å². The van der Waals surface area contributed by atoms with E-state index in [0.717, 1.165) is 23.1 Å². The zero-order chi connectivity index (χ0) is 14.1. The third-order valence-electron chi connectivity index (χ3n) is 3.25. The summed E-state index contributed by atoms with van der Waals surface area (Å²) in [4.78, 5) is 4.45. The van der Waals surface area contributed by atoms with Crippen molar-refractivity contribution in [1.29, 1.82) is 0 Å². The fourth-order valence-electron chi connectivity index (χ4n) is 2.26. The summed E-state index contributed by atoms with van der Waals surface area (Å²) in [6.07, 6.45) is 1.42. The summed E-state index contributed by atoms with van der Waals surface area (Å²) in [6.45, 7) is 1.97. The van der Waals surface area contributed by atoms with Gasteiger partial charge in [-0.15, -0.1) is 0 Å². The Bertz CT molecular complexity index is 747. The van der Waals surface area contributed by atoms with Crippen LogP contribution in [0.5, 0.6) is 0 Å². The fraction of sp³-hybridized carbons (Fsp3) is 0.188. The molecule has 3 rings (SSSR count). The van der Waals surface area contributed by atoms with Crippen LogP contribution in [-0.4, -0.2) is 4.98 Å². The summed E-state index contributed by atoms with van der Waals surface area (Å²) in [5.74, 6) is 0.431. The van der Waals surface area contributed by atoms with Crippen LogP contribution in [0.2, 0.25) is 0 Å². The minimum atomic E-state index is -0.223. The summed E-state index contributed by atoms with van der Waals surface area (Å²) < 4.78 is 18.5. The third kappa shape index (κ3) is 2.50. The van der Waals surface area contributed by atoms with Crippen molar-refractivity contribution in [2.45, 2.75) is 19.8 Å². The van der Waals surface area contributed by atoms with E-state index in [1.807, 2.05) is 19.1 Å². The van der Waals surface area contributed by atoms with Crippen LogP contribution in [0.1, 0.15) is 17.0 Å². The molecule has 0 amide bonds. The molecule has 0 unspecified atom stereocenters. The van der Waals surface area contributed by atoms with Crippen LogP contribution in [0.4, 0.5) is 10.1 Å². The van der Waals surface area contributed by atoms with Gasteiger partial charge in [0.2, 0.25) is 0 Å². The van der Waals surface area contributed by atoms with Crippen molar-refractivity contribution < 1.29 is 8.81 Å². The number of aryl methyl sites for hydroxylation is 3. The van der Waals surface area contributed by atoms with Gasteiger partial charge in [0.15, 0.2) is 11.5 Å². The molecule has 0 saturated carbocycles. The Morgan fingerprint density at radius 2 is 1.90 bits per heavy atom. The van der Waals surface area contributed by atoms with Gasteiger partial charge in [0.05, 0.1) is 5.69 Å². The summed E-state index contributed by atoms with van der Waals surface area (Å²) in [6, 6.07) is 10.3. The molecule has 4 heteroatoms. The average Bonchev–Trinajstić information content (AvgIpc) is 2.81. The van der Waals surface area contributed by atoms with E-state index >= 15 is 0 Å². The molecule has 0 bridgehead atoms. The molecule has 3 nitrogen and oxygen atoms in total. The van der Waals surface area contributed by atoms with Gasteiger partial charge in [-0.05, 0) is 48.7 Å². The topological polar surface area (TPSA) is 52.0 Å². The summed E-state index contributed by atoms with van der Waals surface area (Å²) >= 11 is 0. The Morgan fingerprint density at radius 1 is 1.15 bits per heavy atom. The van der Waals surface area contributed by atoms with E-state index in [0.29, 0.717) is 23.6 Å². The maximum atomic E-state index is 12.8. The largest absolute Gasteiger partial charge is 0.439 e. The minimum Gasteiger partial charge on any atom is -0.439 e. The highest BCUT2D eigenvalue weighted by molar-refractivity contribution is 5.85. The molecule has 102 valence electrons. The number of nitrogen functional groups attached to an aromatic ring is 1. The first-order valence-electron chi connectivity index (χ1n) is 6.52. The van der Waals surface area contributed by atoms with Crippen molar-refractivity contribution in [2.24, 2.45) is 0 Å². The van der Waals surface area contributed by atoms with E-state index in [-0.39, 0.29) is 5.82 Å². The second-order valence-corrected chi connectivity index (χ2v) is 4.94. The SMILES string of the molecule is Cc1cc(N)c2oc(CCc3ccc(F)cc3)nc2c1. The lowest BCUT2D eigenvalue weighted by molar-refractivity contribution is 0.529. The standard InChI is InChI=1S/C16H15FN2O/c1-10-8-13(18)16-14(9-10)19-15(20-16)7-4-11-2-5-12(17)6-3-11/h2-3,5-6,8-9H,4,7,18H2,1H3. The lowest BCUT2D eigenvalue weighted by Gasteiger charge is -1.98. The monoisotopic (exact) mass is 270 g/mol. The number of fused-ring (bicyclic) bond motifs is 1. The van der Waals surface area contributed by atoms with Crippen molar-refractivity contribution in [2.75, 3.05) is 5.73 Å².